The summed E-state index contributed by atoms with van der Waals surface area (Å²) in [4.78, 5) is 0. The minimum absolute atomic E-state index is 0.660. The molecule has 0 aromatic rings. The molecule has 0 radical (unpaired) electrons. The summed E-state index contributed by atoms with van der Waals surface area (Å²) in [5.41, 5.74) is 0. The van der Waals surface area contributed by atoms with Crippen LogP contribution in [0.2, 0.25) is 0 Å². The Labute approximate surface area is 43.1 Å². The summed E-state index contributed by atoms with van der Waals surface area (Å²) in [7, 11) is 5.49. The fraction of sp³-hybridized carbons (Fsp3) is 1.00. The van der Waals surface area contributed by atoms with Crippen LogP contribution in [0, 0.1) is 0 Å². The highest BCUT2D eigenvalue weighted by Gasteiger charge is 1.94. The quantitative estimate of drug-likeness (QED) is 0.333. The van der Waals surface area contributed by atoms with E-state index in [1.165, 1.54) is 6.76 Å². The summed E-state index contributed by atoms with van der Waals surface area (Å²) < 4.78 is 5.04. The van der Waals surface area contributed by atoms with Gasteiger partial charge in [0.25, 0.3) is 0 Å². The van der Waals surface area contributed by atoms with Gasteiger partial charge in [-0.2, -0.15) is 0 Å². The number of hydrogen-bond donors (Lipinski definition) is 0. The molecule has 32 valence electrons. The van der Waals surface area contributed by atoms with E-state index in [2.05, 4.69) is 15.2 Å². The van der Waals surface area contributed by atoms with Crippen molar-refractivity contribution in [3.63, 3.8) is 0 Å². The van der Waals surface area contributed by atoms with Gasteiger partial charge in [0, 0.05) is 7.11 Å². The molecule has 0 amide bonds. The van der Waals surface area contributed by atoms with Crippen molar-refractivity contribution in [1.82, 2.24) is 0 Å². The van der Waals surface area contributed by atoms with Crippen LogP contribution >= 0.6 is 0 Å². The first kappa shape index (κ1) is 6.37. The third-order valence-corrected chi connectivity index (χ3v) is 2.93. The van der Waals surface area contributed by atoms with Gasteiger partial charge in [-0.25, -0.2) is 0 Å². The lowest BCUT2D eigenvalue weighted by molar-refractivity contribution is 0.448. The first-order valence-electron chi connectivity index (χ1n) is 2.34. The third-order valence-electron chi connectivity index (χ3n) is 0.977. The monoisotopic (exact) mass is 98.1 g/mol. The molecule has 0 rings (SSSR count). The van der Waals surface area contributed by atoms with Crippen LogP contribution in [-0.2, 0) is 4.43 Å². The molecule has 1 nitrogen and oxygen atoms in total. The van der Waals surface area contributed by atoms with Crippen molar-refractivity contribution in [1.29, 1.82) is 0 Å². The van der Waals surface area contributed by atoms with Crippen molar-refractivity contribution in [2.75, 3.05) is 7.11 Å². The van der Waals surface area contributed by atoms with Crippen LogP contribution in [0.1, 0.15) is 0 Å². The minimum Gasteiger partial charge on any atom is -0.441 e. The Hall–Kier alpha value is 0.372. The molecule has 0 saturated carbocycles. The molecular formula is CH9B3OSi. The molecule has 0 heterocycles. The van der Waals surface area contributed by atoms with Gasteiger partial charge in [-0.1, -0.05) is 0 Å². The third kappa shape index (κ3) is 2.60. The van der Waals surface area contributed by atoms with E-state index >= 15 is 0 Å². The molecule has 0 aromatic carbocycles. The van der Waals surface area contributed by atoms with E-state index < -0.39 is 8.78 Å². The first-order chi connectivity index (χ1) is 2.81. The van der Waals surface area contributed by atoms with E-state index in [1.54, 1.807) is 7.11 Å². The van der Waals surface area contributed by atoms with Gasteiger partial charge in [-0.3, -0.25) is 0 Å². The van der Waals surface area contributed by atoms with Crippen LogP contribution in [-0.4, -0.2) is 37.8 Å². The van der Waals surface area contributed by atoms with E-state index in [-0.39, 0.29) is 0 Å². The van der Waals surface area contributed by atoms with E-state index in [4.69, 9.17) is 4.43 Å². The molecule has 1 atom stereocenters. The number of hydrogen-bond acceptors (Lipinski definition) is 1. The van der Waals surface area contributed by atoms with Crippen molar-refractivity contribution in [3.05, 3.63) is 0 Å². The molecule has 0 spiro atoms. The van der Waals surface area contributed by atoms with Crippen molar-refractivity contribution < 1.29 is 4.43 Å². The van der Waals surface area contributed by atoms with Gasteiger partial charge in [0.15, 0.2) is 0 Å². The summed E-state index contributed by atoms with van der Waals surface area (Å²) in [5, 5.41) is 0. The zero-order chi connectivity index (χ0) is 4.99. The van der Waals surface area contributed by atoms with E-state index in [0.717, 1.165) is 0 Å². The maximum Gasteiger partial charge on any atom is 0.117 e. The van der Waals surface area contributed by atoms with Gasteiger partial charge in [0.2, 0.25) is 0 Å². The second kappa shape index (κ2) is 3.56. The molecule has 0 aliphatic rings. The summed E-state index contributed by atoms with van der Waals surface area (Å²) >= 11 is 0. The molecule has 0 N–H and O–H groups in total. The molecule has 0 saturated heterocycles. The lowest BCUT2D eigenvalue weighted by Crippen LogP contribution is -2.25. The van der Waals surface area contributed by atoms with Crippen LogP contribution in [0.4, 0.5) is 0 Å². The largest absolute Gasteiger partial charge is 0.441 e. The van der Waals surface area contributed by atoms with E-state index in [0.29, 0.717) is 0 Å². The van der Waals surface area contributed by atoms with E-state index in [1.807, 2.05) is 0 Å². The summed E-state index contributed by atoms with van der Waals surface area (Å²) in [6.07, 6.45) is 0. The molecule has 6 heavy (non-hydrogen) atoms. The van der Waals surface area contributed by atoms with Crippen LogP contribution in [0.15, 0.2) is 0 Å². The minimum atomic E-state index is -0.660. The molecular weight excluding hydrogens is 88.5 g/mol. The Balaban J connectivity index is 2.75. The maximum absolute atomic E-state index is 5.04. The van der Waals surface area contributed by atoms with Crippen LogP contribution in [0.3, 0.4) is 0 Å². The average molecular weight is 97.6 g/mol. The fourth-order valence-electron chi connectivity index (χ4n) is 0.167. The van der Waals surface area contributed by atoms with Crippen molar-refractivity contribution >= 4 is 30.7 Å². The van der Waals surface area contributed by atoms with Crippen molar-refractivity contribution in [2.24, 2.45) is 0 Å². The van der Waals surface area contributed by atoms with Crippen LogP contribution in [0.25, 0.3) is 0 Å². The highest BCUT2D eigenvalue weighted by atomic mass is 28.3. The Morgan fingerprint density at radius 3 is 2.33 bits per heavy atom. The van der Waals surface area contributed by atoms with Gasteiger partial charge in [-0.05, 0) is 0 Å². The lowest BCUT2D eigenvalue weighted by Gasteiger charge is -1.98. The smallest absolute Gasteiger partial charge is 0.117 e. The van der Waals surface area contributed by atoms with Crippen LogP contribution in [0.5, 0.6) is 0 Å². The normalized spacial score (nSPS) is 13.5. The topological polar surface area (TPSA) is 9.23 Å². The summed E-state index contributed by atoms with van der Waals surface area (Å²) in [6.45, 7) is 1.25. The SMILES string of the molecule is BB[SiH](B)OC. The predicted octanol–water partition coefficient (Wildman–Crippen LogP) is -3.03. The van der Waals surface area contributed by atoms with E-state index in [9.17, 15) is 0 Å². The fourth-order valence-corrected chi connectivity index (χ4v) is 0.500. The first-order valence-corrected chi connectivity index (χ1v) is 4.78. The van der Waals surface area contributed by atoms with Gasteiger partial charge < -0.3 is 4.43 Å². The van der Waals surface area contributed by atoms with Gasteiger partial charge in [-0.15, -0.1) is 0 Å². The molecule has 0 aromatic heterocycles. The summed E-state index contributed by atoms with van der Waals surface area (Å²) in [6, 6.07) is 0. The molecule has 0 fully saturated rings. The van der Waals surface area contributed by atoms with Gasteiger partial charge >= 0.3 is 0 Å². The van der Waals surface area contributed by atoms with Gasteiger partial charge in [0.05, 0.1) is 23.3 Å². The highest BCUT2D eigenvalue weighted by Crippen LogP contribution is 1.64. The Morgan fingerprint density at radius 2 is 2.33 bits per heavy atom. The Kier molecular flexibility index (Phi) is 3.78. The molecule has 0 aliphatic carbocycles. The lowest BCUT2D eigenvalue weighted by atomic mass is 9.78. The van der Waals surface area contributed by atoms with Crippen molar-refractivity contribution in [3.8, 4) is 0 Å². The zero-order valence-electron chi connectivity index (χ0n) is 4.69. The second-order valence-corrected chi connectivity index (χ2v) is 4.36. The molecule has 5 heteroatoms. The molecule has 1 unspecified atom stereocenters. The van der Waals surface area contributed by atoms with Crippen molar-refractivity contribution in [2.45, 2.75) is 0 Å². The molecule has 0 aliphatic heterocycles. The average Bonchev–Trinajstić information content (AvgIpc) is 1.65. The second-order valence-electron chi connectivity index (χ2n) is 1.45. The Bertz CT molecular complexity index is 30.0. The maximum atomic E-state index is 5.04. The Morgan fingerprint density at radius 1 is 1.83 bits per heavy atom. The summed E-state index contributed by atoms with van der Waals surface area (Å²) in [5.74, 6) is 0. The van der Waals surface area contributed by atoms with Crippen LogP contribution < -0.4 is 0 Å². The highest BCUT2D eigenvalue weighted by molar-refractivity contribution is 7.44. The predicted molar refractivity (Wildman–Crippen MR) is 38.4 cm³/mol. The standard InChI is InChI=1S/CH9B3OSi/c1-5-6(3)4-2/h4,6H,2-3H2,1H3. The molecule has 0 bridgehead atoms. The zero-order valence-corrected chi connectivity index (χ0v) is 5.85. The van der Waals surface area contributed by atoms with Gasteiger partial charge in [0.1, 0.15) is 7.44 Å². The number of rotatable bonds is 2.